The Kier molecular flexibility index (Phi) is 4.32. The predicted octanol–water partition coefficient (Wildman–Crippen LogP) is 1.99. The lowest BCUT2D eigenvalue weighted by Crippen LogP contribution is -2.09. The Balaban J connectivity index is 2.53. The Morgan fingerprint density at radius 2 is 2.43 bits per heavy atom. The van der Waals surface area contributed by atoms with Crippen molar-refractivity contribution >= 4 is 0 Å². The summed E-state index contributed by atoms with van der Waals surface area (Å²) in [5.74, 6) is 1.26. The summed E-state index contributed by atoms with van der Waals surface area (Å²) < 4.78 is 5.04. The zero-order chi connectivity index (χ0) is 10.4. The van der Waals surface area contributed by atoms with E-state index in [0.29, 0.717) is 12.3 Å². The van der Waals surface area contributed by atoms with Crippen LogP contribution in [0.15, 0.2) is 17.2 Å². The Bertz CT molecular complexity index is 283. The lowest BCUT2D eigenvalue weighted by atomic mass is 10.2. The lowest BCUT2D eigenvalue weighted by Gasteiger charge is -1.99. The molecular weight excluding hydrogens is 178 g/mol. The Hall–Kier alpha value is -1.16. The van der Waals surface area contributed by atoms with Gasteiger partial charge in [-0.2, -0.15) is 4.98 Å². The quantitative estimate of drug-likeness (QED) is 0.705. The van der Waals surface area contributed by atoms with E-state index in [4.69, 9.17) is 10.3 Å². The first-order valence-electron chi connectivity index (χ1n) is 4.96. The van der Waals surface area contributed by atoms with Crippen LogP contribution in [0.25, 0.3) is 0 Å². The summed E-state index contributed by atoms with van der Waals surface area (Å²) in [5, 5.41) is 3.86. The summed E-state index contributed by atoms with van der Waals surface area (Å²) in [6.07, 6.45) is 5.48. The van der Waals surface area contributed by atoms with E-state index < -0.39 is 0 Å². The standard InChI is InChI=1S/C10H17N3O/c1-3-5-7-9-12-10(14-13-9)8(11)6-4-2/h4,8H,2-3,5-7,11H2,1H3. The van der Waals surface area contributed by atoms with Gasteiger partial charge in [0, 0.05) is 6.42 Å². The first kappa shape index (κ1) is 10.9. The van der Waals surface area contributed by atoms with Gasteiger partial charge < -0.3 is 10.3 Å². The van der Waals surface area contributed by atoms with E-state index in [-0.39, 0.29) is 6.04 Å². The molecule has 0 aliphatic heterocycles. The molecule has 0 aliphatic rings. The van der Waals surface area contributed by atoms with Crippen LogP contribution in [0.1, 0.15) is 43.9 Å². The molecule has 0 aliphatic carbocycles. The van der Waals surface area contributed by atoms with Gasteiger partial charge in [0.1, 0.15) is 0 Å². The van der Waals surface area contributed by atoms with Gasteiger partial charge >= 0.3 is 0 Å². The smallest absolute Gasteiger partial charge is 0.243 e. The molecule has 0 radical (unpaired) electrons. The van der Waals surface area contributed by atoms with Crippen LogP contribution in [0.3, 0.4) is 0 Å². The van der Waals surface area contributed by atoms with Crippen LogP contribution in [0.2, 0.25) is 0 Å². The number of aryl methyl sites for hydroxylation is 1. The summed E-state index contributed by atoms with van der Waals surface area (Å²) in [5.41, 5.74) is 5.78. The van der Waals surface area contributed by atoms with Crippen molar-refractivity contribution in [2.75, 3.05) is 0 Å². The van der Waals surface area contributed by atoms with E-state index >= 15 is 0 Å². The molecule has 1 aromatic heterocycles. The van der Waals surface area contributed by atoms with Crippen molar-refractivity contribution in [3.8, 4) is 0 Å². The number of rotatable bonds is 6. The van der Waals surface area contributed by atoms with Crippen LogP contribution in [-0.4, -0.2) is 10.1 Å². The zero-order valence-electron chi connectivity index (χ0n) is 8.57. The zero-order valence-corrected chi connectivity index (χ0v) is 8.57. The number of hydrogen-bond donors (Lipinski definition) is 1. The highest BCUT2D eigenvalue weighted by molar-refractivity contribution is 4.94. The Morgan fingerprint density at radius 3 is 3.07 bits per heavy atom. The molecule has 1 atom stereocenters. The van der Waals surface area contributed by atoms with E-state index in [9.17, 15) is 0 Å². The average molecular weight is 195 g/mol. The van der Waals surface area contributed by atoms with Crippen molar-refractivity contribution in [1.29, 1.82) is 0 Å². The lowest BCUT2D eigenvalue weighted by molar-refractivity contribution is 0.351. The van der Waals surface area contributed by atoms with Crippen molar-refractivity contribution in [3.05, 3.63) is 24.4 Å². The predicted molar refractivity (Wildman–Crippen MR) is 54.7 cm³/mol. The van der Waals surface area contributed by atoms with Crippen LogP contribution in [0.5, 0.6) is 0 Å². The normalized spacial score (nSPS) is 12.7. The topological polar surface area (TPSA) is 64.9 Å². The number of hydrogen-bond acceptors (Lipinski definition) is 4. The maximum absolute atomic E-state index is 5.78. The Labute approximate surface area is 84.2 Å². The highest BCUT2D eigenvalue weighted by Gasteiger charge is 2.12. The van der Waals surface area contributed by atoms with Gasteiger partial charge in [0.25, 0.3) is 0 Å². The van der Waals surface area contributed by atoms with Crippen LogP contribution in [-0.2, 0) is 6.42 Å². The van der Waals surface area contributed by atoms with E-state index in [0.717, 1.165) is 25.1 Å². The van der Waals surface area contributed by atoms with E-state index in [2.05, 4.69) is 23.6 Å². The van der Waals surface area contributed by atoms with Crippen molar-refractivity contribution in [3.63, 3.8) is 0 Å². The summed E-state index contributed by atoms with van der Waals surface area (Å²) >= 11 is 0. The highest BCUT2D eigenvalue weighted by Crippen LogP contribution is 2.12. The molecule has 0 bridgehead atoms. The monoisotopic (exact) mass is 195 g/mol. The summed E-state index contributed by atoms with van der Waals surface area (Å²) in [6, 6.07) is -0.213. The molecule has 1 unspecified atom stereocenters. The molecule has 0 saturated carbocycles. The van der Waals surface area contributed by atoms with Crippen LogP contribution < -0.4 is 5.73 Å². The summed E-state index contributed by atoms with van der Waals surface area (Å²) in [4.78, 5) is 4.22. The highest BCUT2D eigenvalue weighted by atomic mass is 16.5. The van der Waals surface area contributed by atoms with Crippen LogP contribution >= 0.6 is 0 Å². The third-order valence-corrected chi connectivity index (χ3v) is 1.98. The molecule has 4 heteroatoms. The van der Waals surface area contributed by atoms with Crippen LogP contribution in [0.4, 0.5) is 0 Å². The molecule has 1 aromatic rings. The van der Waals surface area contributed by atoms with Gasteiger partial charge in [-0.3, -0.25) is 0 Å². The van der Waals surface area contributed by atoms with Crippen molar-refractivity contribution in [2.24, 2.45) is 5.73 Å². The first-order valence-corrected chi connectivity index (χ1v) is 4.96. The molecule has 0 spiro atoms. The van der Waals surface area contributed by atoms with Crippen molar-refractivity contribution in [1.82, 2.24) is 10.1 Å². The summed E-state index contributed by atoms with van der Waals surface area (Å²) in [6.45, 7) is 5.74. The van der Waals surface area contributed by atoms with Gasteiger partial charge in [-0.05, 0) is 12.8 Å². The molecule has 0 fully saturated rings. The molecule has 2 N–H and O–H groups in total. The second kappa shape index (κ2) is 5.54. The van der Waals surface area contributed by atoms with E-state index in [1.165, 1.54) is 0 Å². The maximum atomic E-state index is 5.78. The number of nitrogens with two attached hydrogens (primary N) is 1. The molecule has 0 aromatic carbocycles. The van der Waals surface area contributed by atoms with Gasteiger partial charge in [0.15, 0.2) is 5.82 Å². The van der Waals surface area contributed by atoms with Crippen molar-refractivity contribution < 1.29 is 4.52 Å². The first-order chi connectivity index (χ1) is 6.77. The van der Waals surface area contributed by atoms with Gasteiger partial charge in [-0.1, -0.05) is 24.6 Å². The largest absolute Gasteiger partial charge is 0.338 e. The molecule has 78 valence electrons. The average Bonchev–Trinajstić information content (AvgIpc) is 2.63. The molecule has 1 heterocycles. The van der Waals surface area contributed by atoms with Crippen LogP contribution in [0, 0.1) is 0 Å². The fourth-order valence-electron chi connectivity index (χ4n) is 1.13. The fraction of sp³-hybridized carbons (Fsp3) is 0.600. The SMILES string of the molecule is C=CCC(N)c1nc(CCCC)no1. The second-order valence-corrected chi connectivity index (χ2v) is 3.28. The molecular formula is C10H17N3O. The van der Waals surface area contributed by atoms with E-state index in [1.807, 2.05) is 0 Å². The third-order valence-electron chi connectivity index (χ3n) is 1.98. The van der Waals surface area contributed by atoms with Gasteiger partial charge in [-0.15, -0.1) is 6.58 Å². The molecule has 0 saturated heterocycles. The van der Waals surface area contributed by atoms with Gasteiger partial charge in [-0.25, -0.2) is 0 Å². The molecule has 0 amide bonds. The third kappa shape index (κ3) is 2.96. The summed E-state index contributed by atoms with van der Waals surface area (Å²) in [7, 11) is 0. The number of aromatic nitrogens is 2. The maximum Gasteiger partial charge on any atom is 0.243 e. The minimum absolute atomic E-state index is 0.213. The molecule has 1 rings (SSSR count). The van der Waals surface area contributed by atoms with E-state index in [1.54, 1.807) is 6.08 Å². The number of unbranched alkanes of at least 4 members (excludes halogenated alkanes) is 1. The van der Waals surface area contributed by atoms with Crippen molar-refractivity contribution in [2.45, 2.75) is 38.6 Å². The fourth-order valence-corrected chi connectivity index (χ4v) is 1.13. The molecule has 4 nitrogen and oxygen atoms in total. The minimum Gasteiger partial charge on any atom is -0.338 e. The minimum atomic E-state index is -0.213. The Morgan fingerprint density at radius 1 is 1.64 bits per heavy atom. The van der Waals surface area contributed by atoms with Gasteiger partial charge in [0.2, 0.25) is 5.89 Å². The molecule has 14 heavy (non-hydrogen) atoms. The number of nitrogens with zero attached hydrogens (tertiary/aromatic N) is 2. The van der Waals surface area contributed by atoms with Gasteiger partial charge in [0.05, 0.1) is 6.04 Å². The second-order valence-electron chi connectivity index (χ2n) is 3.28.